The highest BCUT2D eigenvalue weighted by Crippen LogP contribution is 2.32. The number of hydrogen-bond acceptors (Lipinski definition) is 2. The van der Waals surface area contributed by atoms with Gasteiger partial charge in [0.2, 0.25) is 0 Å². The van der Waals surface area contributed by atoms with Gasteiger partial charge in [0.15, 0.2) is 0 Å². The summed E-state index contributed by atoms with van der Waals surface area (Å²) in [4.78, 5) is 0. The van der Waals surface area contributed by atoms with Crippen molar-refractivity contribution in [3.05, 3.63) is 59.7 Å². The molecule has 92 valence electrons. The number of fused-ring (bicyclic) bond motifs is 1. The van der Waals surface area contributed by atoms with Crippen molar-refractivity contribution < 1.29 is 4.74 Å². The van der Waals surface area contributed by atoms with Gasteiger partial charge in [-0.3, -0.25) is 0 Å². The molecule has 0 spiro atoms. The van der Waals surface area contributed by atoms with Gasteiger partial charge in [-0.1, -0.05) is 30.3 Å². The van der Waals surface area contributed by atoms with Gasteiger partial charge in [-0.05, 0) is 43.7 Å². The largest absolute Gasteiger partial charge is 0.457 e. The Bertz CT molecular complexity index is 536. The smallest absolute Gasteiger partial charge is 0.130 e. The van der Waals surface area contributed by atoms with E-state index in [9.17, 15) is 0 Å². The summed E-state index contributed by atoms with van der Waals surface area (Å²) in [5.41, 5.74) is 2.70. The van der Waals surface area contributed by atoms with Gasteiger partial charge in [-0.2, -0.15) is 0 Å². The predicted molar refractivity (Wildman–Crippen MR) is 73.1 cm³/mol. The fourth-order valence-corrected chi connectivity index (χ4v) is 2.49. The Kier molecular flexibility index (Phi) is 3.03. The lowest BCUT2D eigenvalue weighted by Gasteiger charge is -2.25. The van der Waals surface area contributed by atoms with Crippen molar-refractivity contribution in [3.8, 4) is 11.5 Å². The topological polar surface area (TPSA) is 21.3 Å². The van der Waals surface area contributed by atoms with Crippen LogP contribution in [0.15, 0.2) is 48.5 Å². The third kappa shape index (κ3) is 2.12. The molecule has 0 saturated carbocycles. The minimum absolute atomic E-state index is 0.410. The van der Waals surface area contributed by atoms with Crippen LogP contribution in [-0.2, 0) is 6.42 Å². The molecule has 2 aromatic rings. The molecule has 18 heavy (non-hydrogen) atoms. The molecule has 1 heterocycles. The van der Waals surface area contributed by atoms with Crippen molar-refractivity contribution in [1.82, 2.24) is 5.32 Å². The maximum absolute atomic E-state index is 6.00. The third-order valence-electron chi connectivity index (χ3n) is 3.43. The average molecular weight is 239 g/mol. The molecule has 0 bridgehead atoms. The summed E-state index contributed by atoms with van der Waals surface area (Å²) in [6.45, 7) is 3.22. The fraction of sp³-hybridized carbons (Fsp3) is 0.250. The molecule has 0 fully saturated rings. The maximum Gasteiger partial charge on any atom is 0.130 e. The zero-order valence-electron chi connectivity index (χ0n) is 10.5. The van der Waals surface area contributed by atoms with Crippen LogP contribution in [0.2, 0.25) is 0 Å². The average Bonchev–Trinajstić information content (AvgIpc) is 2.41. The zero-order valence-corrected chi connectivity index (χ0v) is 10.5. The molecule has 2 nitrogen and oxygen atoms in total. The van der Waals surface area contributed by atoms with Crippen LogP contribution in [0.25, 0.3) is 0 Å². The second-order valence-corrected chi connectivity index (χ2v) is 4.66. The maximum atomic E-state index is 6.00. The van der Waals surface area contributed by atoms with Gasteiger partial charge < -0.3 is 10.1 Å². The summed E-state index contributed by atoms with van der Waals surface area (Å²) in [6, 6.07) is 16.7. The molecule has 0 unspecified atom stereocenters. The summed E-state index contributed by atoms with van der Waals surface area (Å²) in [7, 11) is 0. The zero-order chi connectivity index (χ0) is 12.4. The second kappa shape index (κ2) is 4.83. The molecular formula is C16H17NO. The van der Waals surface area contributed by atoms with E-state index in [0.717, 1.165) is 24.5 Å². The Morgan fingerprint density at radius 1 is 1.06 bits per heavy atom. The number of ether oxygens (including phenoxy) is 1. The van der Waals surface area contributed by atoms with Crippen LogP contribution < -0.4 is 10.1 Å². The second-order valence-electron chi connectivity index (χ2n) is 4.66. The SMILES string of the molecule is C[C@@H]1NCCc2c(Oc3ccccc3)cccc21. The summed E-state index contributed by atoms with van der Waals surface area (Å²) in [6.07, 6.45) is 1.03. The van der Waals surface area contributed by atoms with Gasteiger partial charge in [0, 0.05) is 11.6 Å². The van der Waals surface area contributed by atoms with Crippen molar-refractivity contribution >= 4 is 0 Å². The first kappa shape index (κ1) is 11.3. The standard InChI is InChI=1S/C16H17NO/c1-12-14-8-5-9-16(15(14)10-11-17-12)18-13-6-3-2-4-7-13/h2-9,12,17H,10-11H2,1H3/t12-/m0/s1. The first-order valence-corrected chi connectivity index (χ1v) is 6.42. The van der Waals surface area contributed by atoms with Gasteiger partial charge in [0.25, 0.3) is 0 Å². The van der Waals surface area contributed by atoms with Crippen LogP contribution in [-0.4, -0.2) is 6.54 Å². The van der Waals surface area contributed by atoms with E-state index in [-0.39, 0.29) is 0 Å². The van der Waals surface area contributed by atoms with Crippen molar-refractivity contribution in [2.24, 2.45) is 0 Å². The summed E-state index contributed by atoms with van der Waals surface area (Å²) >= 11 is 0. The van der Waals surface area contributed by atoms with Crippen LogP contribution in [0.5, 0.6) is 11.5 Å². The van der Waals surface area contributed by atoms with E-state index >= 15 is 0 Å². The Labute approximate surface area is 108 Å². The number of rotatable bonds is 2. The Morgan fingerprint density at radius 3 is 2.72 bits per heavy atom. The highest BCUT2D eigenvalue weighted by atomic mass is 16.5. The van der Waals surface area contributed by atoms with E-state index < -0.39 is 0 Å². The first-order chi connectivity index (χ1) is 8.84. The molecule has 0 saturated heterocycles. The monoisotopic (exact) mass is 239 g/mol. The van der Waals surface area contributed by atoms with E-state index in [1.165, 1.54) is 11.1 Å². The molecule has 0 aliphatic carbocycles. The molecule has 1 aliphatic heterocycles. The van der Waals surface area contributed by atoms with Crippen LogP contribution in [0.3, 0.4) is 0 Å². The van der Waals surface area contributed by atoms with Gasteiger partial charge >= 0.3 is 0 Å². The molecule has 0 aromatic heterocycles. The highest BCUT2D eigenvalue weighted by molar-refractivity contribution is 5.45. The van der Waals surface area contributed by atoms with Crippen LogP contribution in [0, 0.1) is 0 Å². The molecule has 2 heteroatoms. The lowest BCUT2D eigenvalue weighted by molar-refractivity contribution is 0.460. The molecule has 1 atom stereocenters. The van der Waals surface area contributed by atoms with Gasteiger partial charge in [-0.25, -0.2) is 0 Å². The minimum atomic E-state index is 0.410. The van der Waals surface area contributed by atoms with Crippen LogP contribution in [0.4, 0.5) is 0 Å². The Morgan fingerprint density at radius 2 is 1.89 bits per heavy atom. The van der Waals surface area contributed by atoms with Crippen molar-refractivity contribution in [3.63, 3.8) is 0 Å². The molecule has 1 aliphatic rings. The predicted octanol–water partition coefficient (Wildman–Crippen LogP) is 3.69. The molecule has 3 rings (SSSR count). The van der Waals surface area contributed by atoms with E-state index in [0.29, 0.717) is 6.04 Å². The fourth-order valence-electron chi connectivity index (χ4n) is 2.49. The Balaban J connectivity index is 1.96. The third-order valence-corrected chi connectivity index (χ3v) is 3.43. The van der Waals surface area contributed by atoms with Crippen molar-refractivity contribution in [1.29, 1.82) is 0 Å². The lowest BCUT2D eigenvalue weighted by atomic mass is 9.94. The highest BCUT2D eigenvalue weighted by Gasteiger charge is 2.18. The molecule has 0 radical (unpaired) electrons. The summed E-state index contributed by atoms with van der Waals surface area (Å²) in [5, 5.41) is 3.47. The minimum Gasteiger partial charge on any atom is -0.457 e. The molecule has 0 amide bonds. The number of hydrogen-bond donors (Lipinski definition) is 1. The van der Waals surface area contributed by atoms with E-state index in [1.54, 1.807) is 0 Å². The van der Waals surface area contributed by atoms with E-state index in [1.807, 2.05) is 30.3 Å². The van der Waals surface area contributed by atoms with Crippen LogP contribution in [0.1, 0.15) is 24.1 Å². The number of benzene rings is 2. The summed E-state index contributed by atoms with van der Waals surface area (Å²) in [5.74, 6) is 1.89. The van der Waals surface area contributed by atoms with E-state index in [2.05, 4.69) is 30.4 Å². The van der Waals surface area contributed by atoms with Crippen molar-refractivity contribution in [2.75, 3.05) is 6.54 Å². The van der Waals surface area contributed by atoms with Crippen LogP contribution >= 0.6 is 0 Å². The van der Waals surface area contributed by atoms with Gasteiger partial charge in [0.05, 0.1) is 0 Å². The lowest BCUT2D eigenvalue weighted by Crippen LogP contribution is -2.27. The van der Waals surface area contributed by atoms with Gasteiger partial charge in [-0.15, -0.1) is 0 Å². The molecule has 1 N–H and O–H groups in total. The van der Waals surface area contributed by atoms with Gasteiger partial charge in [0.1, 0.15) is 11.5 Å². The number of para-hydroxylation sites is 1. The van der Waals surface area contributed by atoms with Crippen molar-refractivity contribution in [2.45, 2.75) is 19.4 Å². The Hall–Kier alpha value is -1.80. The quantitative estimate of drug-likeness (QED) is 0.863. The molecule has 2 aromatic carbocycles. The molecular weight excluding hydrogens is 222 g/mol. The normalized spacial score (nSPS) is 18.2. The number of nitrogens with one attached hydrogen (secondary N) is 1. The van der Waals surface area contributed by atoms with E-state index in [4.69, 9.17) is 4.74 Å². The first-order valence-electron chi connectivity index (χ1n) is 6.42. The summed E-state index contributed by atoms with van der Waals surface area (Å²) < 4.78 is 6.00.